The smallest absolute Gasteiger partial charge is 0.223 e. The van der Waals surface area contributed by atoms with E-state index in [1.54, 1.807) is 0 Å². The zero-order valence-corrected chi connectivity index (χ0v) is 10.1. The summed E-state index contributed by atoms with van der Waals surface area (Å²) in [5.41, 5.74) is 0. The van der Waals surface area contributed by atoms with E-state index in [4.69, 9.17) is 11.6 Å². The molecular formula is C12H20ClNO. The van der Waals surface area contributed by atoms with E-state index in [2.05, 4.69) is 12.2 Å². The highest BCUT2D eigenvalue weighted by molar-refractivity contribution is 6.18. The van der Waals surface area contributed by atoms with Crippen molar-refractivity contribution in [3.63, 3.8) is 0 Å². The number of rotatable bonds is 4. The SMILES string of the molecule is CC(C(=O)NC1CCCC1CCl)C1CC1. The number of hydrogen-bond acceptors (Lipinski definition) is 1. The molecule has 0 aromatic rings. The minimum absolute atomic E-state index is 0.210. The Balaban J connectivity index is 1.82. The zero-order chi connectivity index (χ0) is 10.8. The minimum Gasteiger partial charge on any atom is -0.353 e. The third kappa shape index (κ3) is 2.66. The van der Waals surface area contributed by atoms with Crippen LogP contribution in [0, 0.1) is 17.8 Å². The maximum Gasteiger partial charge on any atom is 0.223 e. The monoisotopic (exact) mass is 229 g/mol. The second-order valence-corrected chi connectivity index (χ2v) is 5.40. The van der Waals surface area contributed by atoms with E-state index in [1.165, 1.54) is 25.7 Å². The lowest BCUT2D eigenvalue weighted by molar-refractivity contribution is -0.126. The van der Waals surface area contributed by atoms with E-state index >= 15 is 0 Å². The lowest BCUT2D eigenvalue weighted by atomic mass is 10.0. The van der Waals surface area contributed by atoms with Crippen molar-refractivity contribution < 1.29 is 4.79 Å². The van der Waals surface area contributed by atoms with Gasteiger partial charge in [-0.25, -0.2) is 0 Å². The summed E-state index contributed by atoms with van der Waals surface area (Å²) in [6.07, 6.45) is 5.96. The van der Waals surface area contributed by atoms with Crippen molar-refractivity contribution in [3.8, 4) is 0 Å². The maximum atomic E-state index is 11.9. The summed E-state index contributed by atoms with van der Waals surface area (Å²) in [4.78, 5) is 11.9. The largest absolute Gasteiger partial charge is 0.353 e. The normalized spacial score (nSPS) is 32.7. The highest BCUT2D eigenvalue weighted by Crippen LogP contribution is 2.37. The minimum atomic E-state index is 0.210. The van der Waals surface area contributed by atoms with Gasteiger partial charge < -0.3 is 5.32 Å². The van der Waals surface area contributed by atoms with Crippen molar-refractivity contribution >= 4 is 17.5 Å². The van der Waals surface area contributed by atoms with Crippen LogP contribution in [0.15, 0.2) is 0 Å². The van der Waals surface area contributed by atoms with Gasteiger partial charge in [0, 0.05) is 17.8 Å². The Morgan fingerprint density at radius 1 is 1.40 bits per heavy atom. The van der Waals surface area contributed by atoms with E-state index in [9.17, 15) is 4.79 Å². The van der Waals surface area contributed by atoms with E-state index in [0.717, 1.165) is 6.42 Å². The van der Waals surface area contributed by atoms with Gasteiger partial charge in [-0.3, -0.25) is 4.79 Å². The fourth-order valence-electron chi connectivity index (χ4n) is 2.54. The fourth-order valence-corrected chi connectivity index (χ4v) is 2.91. The first kappa shape index (κ1) is 11.3. The first-order valence-electron chi connectivity index (χ1n) is 6.08. The third-order valence-electron chi connectivity index (χ3n) is 3.93. The predicted octanol–water partition coefficient (Wildman–Crippen LogP) is 2.56. The number of hydrogen-bond donors (Lipinski definition) is 1. The van der Waals surface area contributed by atoms with Crippen LogP contribution in [0.3, 0.4) is 0 Å². The van der Waals surface area contributed by atoms with E-state index < -0.39 is 0 Å². The number of alkyl halides is 1. The van der Waals surface area contributed by atoms with Crippen LogP contribution in [-0.4, -0.2) is 17.8 Å². The number of carbonyl (C=O) groups excluding carboxylic acids is 1. The molecule has 2 rings (SSSR count). The van der Waals surface area contributed by atoms with Crippen LogP contribution in [0.2, 0.25) is 0 Å². The molecule has 3 heteroatoms. The second-order valence-electron chi connectivity index (χ2n) is 5.09. The van der Waals surface area contributed by atoms with Gasteiger partial charge >= 0.3 is 0 Å². The first-order valence-corrected chi connectivity index (χ1v) is 6.62. The molecule has 0 spiro atoms. The molecule has 0 radical (unpaired) electrons. The molecule has 3 atom stereocenters. The topological polar surface area (TPSA) is 29.1 Å². The van der Waals surface area contributed by atoms with Crippen LogP contribution < -0.4 is 5.32 Å². The summed E-state index contributed by atoms with van der Waals surface area (Å²) in [6.45, 7) is 2.05. The molecule has 0 aromatic heterocycles. The van der Waals surface area contributed by atoms with Gasteiger partial charge in [0.25, 0.3) is 0 Å². The molecule has 0 saturated heterocycles. The molecular weight excluding hydrogens is 210 g/mol. The molecule has 0 heterocycles. The number of nitrogens with one attached hydrogen (secondary N) is 1. The lowest BCUT2D eigenvalue weighted by Gasteiger charge is -2.21. The summed E-state index contributed by atoms with van der Waals surface area (Å²) in [5.74, 6) is 2.30. The Bertz CT molecular complexity index is 240. The van der Waals surface area contributed by atoms with Crippen molar-refractivity contribution in [2.75, 3.05) is 5.88 Å². The Hall–Kier alpha value is -0.240. The average Bonchev–Trinajstić information content (AvgIpc) is 2.99. The third-order valence-corrected chi connectivity index (χ3v) is 4.32. The number of amides is 1. The van der Waals surface area contributed by atoms with Crippen molar-refractivity contribution in [3.05, 3.63) is 0 Å². The molecule has 2 fully saturated rings. The van der Waals surface area contributed by atoms with Crippen LogP contribution in [-0.2, 0) is 4.79 Å². The molecule has 2 aliphatic carbocycles. The molecule has 1 amide bonds. The highest BCUT2D eigenvalue weighted by atomic mass is 35.5. The van der Waals surface area contributed by atoms with Gasteiger partial charge in [0.05, 0.1) is 0 Å². The second kappa shape index (κ2) is 4.73. The Morgan fingerprint density at radius 3 is 2.73 bits per heavy atom. The molecule has 0 aromatic carbocycles. The molecule has 1 N–H and O–H groups in total. The standard InChI is InChI=1S/C12H20ClNO/c1-8(9-5-6-9)12(15)14-11-4-2-3-10(11)7-13/h8-11H,2-7H2,1H3,(H,14,15). The summed E-state index contributed by atoms with van der Waals surface area (Å²) >= 11 is 5.89. The van der Waals surface area contributed by atoms with Crippen molar-refractivity contribution in [1.29, 1.82) is 0 Å². The molecule has 0 aliphatic heterocycles. The summed E-state index contributed by atoms with van der Waals surface area (Å²) < 4.78 is 0. The molecule has 0 bridgehead atoms. The fraction of sp³-hybridized carbons (Fsp3) is 0.917. The molecule has 2 nitrogen and oxygen atoms in total. The van der Waals surface area contributed by atoms with Crippen LogP contribution in [0.25, 0.3) is 0 Å². The molecule has 15 heavy (non-hydrogen) atoms. The quantitative estimate of drug-likeness (QED) is 0.738. The summed E-state index contributed by atoms with van der Waals surface area (Å²) in [7, 11) is 0. The van der Waals surface area contributed by atoms with Gasteiger partial charge in [-0.05, 0) is 37.5 Å². The number of halogens is 1. The maximum absolute atomic E-state index is 11.9. The first-order chi connectivity index (χ1) is 7.22. The molecule has 2 saturated carbocycles. The number of carbonyl (C=O) groups is 1. The lowest BCUT2D eigenvalue weighted by Crippen LogP contribution is -2.41. The van der Waals surface area contributed by atoms with Crippen LogP contribution >= 0.6 is 11.6 Å². The van der Waals surface area contributed by atoms with Crippen molar-refractivity contribution in [2.45, 2.75) is 45.1 Å². The average molecular weight is 230 g/mol. The molecule has 86 valence electrons. The van der Waals surface area contributed by atoms with Gasteiger partial charge in [0.15, 0.2) is 0 Å². The Morgan fingerprint density at radius 2 is 2.13 bits per heavy atom. The molecule has 3 unspecified atom stereocenters. The summed E-state index contributed by atoms with van der Waals surface area (Å²) in [5, 5.41) is 3.18. The summed E-state index contributed by atoms with van der Waals surface area (Å²) in [6, 6.07) is 0.344. The van der Waals surface area contributed by atoms with Gasteiger partial charge in [-0.1, -0.05) is 13.3 Å². The zero-order valence-electron chi connectivity index (χ0n) is 9.34. The predicted molar refractivity (Wildman–Crippen MR) is 61.9 cm³/mol. The van der Waals surface area contributed by atoms with Gasteiger partial charge in [-0.2, -0.15) is 0 Å². The van der Waals surface area contributed by atoms with Gasteiger partial charge in [-0.15, -0.1) is 11.6 Å². The van der Waals surface area contributed by atoms with E-state index in [1.807, 2.05) is 0 Å². The Labute approximate surface area is 96.8 Å². The van der Waals surface area contributed by atoms with Crippen LogP contribution in [0.4, 0.5) is 0 Å². The van der Waals surface area contributed by atoms with Gasteiger partial charge in [0.2, 0.25) is 5.91 Å². The molecule has 2 aliphatic rings. The Kier molecular flexibility index (Phi) is 3.55. The van der Waals surface area contributed by atoms with E-state index in [0.29, 0.717) is 23.8 Å². The van der Waals surface area contributed by atoms with Crippen molar-refractivity contribution in [2.24, 2.45) is 17.8 Å². The van der Waals surface area contributed by atoms with Crippen molar-refractivity contribution in [1.82, 2.24) is 5.32 Å². The van der Waals surface area contributed by atoms with E-state index in [-0.39, 0.29) is 11.8 Å². The van der Waals surface area contributed by atoms with Crippen LogP contribution in [0.5, 0.6) is 0 Å². The van der Waals surface area contributed by atoms with Crippen LogP contribution in [0.1, 0.15) is 39.0 Å². The van der Waals surface area contributed by atoms with Gasteiger partial charge in [0.1, 0.15) is 0 Å². The highest BCUT2D eigenvalue weighted by Gasteiger charge is 2.35.